The average Bonchev–Trinajstić information content (AvgIpc) is 3.28. The molecule has 6 heteroatoms. The molecule has 5 rings (SSSR count). The summed E-state index contributed by atoms with van der Waals surface area (Å²) in [6.45, 7) is 1.39. The van der Waals surface area contributed by atoms with Gasteiger partial charge in [0.2, 0.25) is 0 Å². The van der Waals surface area contributed by atoms with E-state index in [0.29, 0.717) is 6.54 Å². The zero-order valence-electron chi connectivity index (χ0n) is 16.6. The number of fused-ring (bicyclic) bond motifs is 4. The Kier molecular flexibility index (Phi) is 4.60. The second kappa shape index (κ2) is 7.28. The molecule has 0 bridgehead atoms. The number of methoxy groups -OCH3 is 1. The SMILES string of the molecule is COc1ccc2cc(CN(C)Cc3nc4sc5c(c4c(=O)[nH]3)CCC5)ccc2c1. The van der Waals surface area contributed by atoms with Crippen LogP contribution in [-0.4, -0.2) is 29.0 Å². The van der Waals surface area contributed by atoms with Gasteiger partial charge in [-0.2, -0.15) is 0 Å². The van der Waals surface area contributed by atoms with Gasteiger partial charge in [-0.25, -0.2) is 4.98 Å². The van der Waals surface area contributed by atoms with Gasteiger partial charge in [-0.15, -0.1) is 11.3 Å². The fourth-order valence-corrected chi connectivity index (χ4v) is 5.52. The maximum Gasteiger partial charge on any atom is 0.259 e. The molecule has 29 heavy (non-hydrogen) atoms. The van der Waals surface area contributed by atoms with Crippen molar-refractivity contribution in [3.8, 4) is 5.75 Å². The molecule has 0 aliphatic heterocycles. The number of hydrogen-bond donors (Lipinski definition) is 1. The molecular weight excluding hydrogens is 382 g/mol. The minimum atomic E-state index is 0.0115. The van der Waals surface area contributed by atoms with Crippen molar-refractivity contribution in [2.24, 2.45) is 0 Å². The van der Waals surface area contributed by atoms with Crippen LogP contribution in [0.4, 0.5) is 0 Å². The predicted molar refractivity (Wildman–Crippen MR) is 118 cm³/mol. The van der Waals surface area contributed by atoms with Crippen molar-refractivity contribution in [2.45, 2.75) is 32.4 Å². The smallest absolute Gasteiger partial charge is 0.259 e. The molecule has 148 valence electrons. The molecule has 1 N–H and O–H groups in total. The first-order chi connectivity index (χ1) is 14.1. The first kappa shape index (κ1) is 18.3. The summed E-state index contributed by atoms with van der Waals surface area (Å²) in [7, 11) is 3.74. The third kappa shape index (κ3) is 3.43. The van der Waals surface area contributed by atoms with E-state index < -0.39 is 0 Å². The Labute approximate surface area is 173 Å². The van der Waals surface area contributed by atoms with Crippen LogP contribution < -0.4 is 10.3 Å². The number of hydrogen-bond acceptors (Lipinski definition) is 5. The minimum Gasteiger partial charge on any atom is -0.497 e. The summed E-state index contributed by atoms with van der Waals surface area (Å²) in [5.41, 5.74) is 2.47. The summed E-state index contributed by atoms with van der Waals surface area (Å²) >= 11 is 1.69. The molecule has 0 unspecified atom stereocenters. The summed E-state index contributed by atoms with van der Waals surface area (Å²) in [6, 6.07) is 12.6. The molecule has 0 saturated carbocycles. The van der Waals surface area contributed by atoms with E-state index in [1.54, 1.807) is 18.4 Å². The highest BCUT2D eigenvalue weighted by Crippen LogP contribution is 2.34. The van der Waals surface area contributed by atoms with Crippen LogP contribution in [0.1, 0.15) is 28.2 Å². The number of nitrogens with one attached hydrogen (secondary N) is 1. The fourth-order valence-electron chi connectivity index (χ4n) is 4.24. The molecule has 0 atom stereocenters. The summed E-state index contributed by atoms with van der Waals surface area (Å²) in [5, 5.41) is 3.18. The molecule has 0 spiro atoms. The van der Waals surface area contributed by atoms with Crippen LogP contribution in [-0.2, 0) is 25.9 Å². The van der Waals surface area contributed by atoms with Crippen LogP contribution in [0.15, 0.2) is 41.2 Å². The number of ether oxygens (including phenoxy) is 1. The number of aryl methyl sites for hydroxylation is 2. The quantitative estimate of drug-likeness (QED) is 0.539. The summed E-state index contributed by atoms with van der Waals surface area (Å²) in [4.78, 5) is 24.8. The third-order valence-corrected chi connectivity index (χ3v) is 6.79. The van der Waals surface area contributed by atoms with E-state index in [1.165, 1.54) is 21.4 Å². The Morgan fingerprint density at radius 2 is 1.97 bits per heavy atom. The van der Waals surface area contributed by atoms with E-state index in [0.717, 1.165) is 53.0 Å². The van der Waals surface area contributed by atoms with Gasteiger partial charge >= 0.3 is 0 Å². The summed E-state index contributed by atoms with van der Waals surface area (Å²) in [6.07, 6.45) is 3.24. The highest BCUT2D eigenvalue weighted by molar-refractivity contribution is 7.18. The molecule has 0 fully saturated rings. The first-order valence-electron chi connectivity index (χ1n) is 9.89. The Balaban J connectivity index is 1.36. The van der Waals surface area contributed by atoms with Gasteiger partial charge in [-0.05, 0) is 66.4 Å². The van der Waals surface area contributed by atoms with Crippen molar-refractivity contribution in [1.82, 2.24) is 14.9 Å². The highest BCUT2D eigenvalue weighted by Gasteiger charge is 2.21. The Bertz CT molecular complexity index is 1270. The lowest BCUT2D eigenvalue weighted by atomic mass is 10.1. The second-order valence-corrected chi connectivity index (χ2v) is 8.85. The molecule has 2 aromatic carbocycles. The lowest BCUT2D eigenvalue weighted by Crippen LogP contribution is -2.21. The van der Waals surface area contributed by atoms with Gasteiger partial charge in [-0.1, -0.05) is 18.2 Å². The zero-order chi connectivity index (χ0) is 20.0. The van der Waals surface area contributed by atoms with Gasteiger partial charge in [0, 0.05) is 11.4 Å². The lowest BCUT2D eigenvalue weighted by Gasteiger charge is -2.16. The second-order valence-electron chi connectivity index (χ2n) is 7.77. The van der Waals surface area contributed by atoms with Crippen molar-refractivity contribution >= 4 is 32.3 Å². The Hall–Kier alpha value is -2.70. The molecule has 1 aliphatic rings. The van der Waals surface area contributed by atoms with E-state index in [2.05, 4.69) is 41.2 Å². The van der Waals surface area contributed by atoms with Gasteiger partial charge in [0.05, 0.1) is 19.0 Å². The molecule has 1 aliphatic carbocycles. The summed E-state index contributed by atoms with van der Waals surface area (Å²) < 4.78 is 5.30. The molecule has 4 aromatic rings. The van der Waals surface area contributed by atoms with Crippen LogP contribution in [0.25, 0.3) is 21.0 Å². The third-order valence-electron chi connectivity index (χ3n) is 5.61. The van der Waals surface area contributed by atoms with Crippen molar-refractivity contribution < 1.29 is 4.74 Å². The number of H-pyrrole nitrogens is 1. The zero-order valence-corrected chi connectivity index (χ0v) is 17.4. The maximum absolute atomic E-state index is 12.6. The number of aromatic amines is 1. The minimum absolute atomic E-state index is 0.0115. The van der Waals surface area contributed by atoms with Crippen molar-refractivity contribution in [1.29, 1.82) is 0 Å². The lowest BCUT2D eigenvalue weighted by molar-refractivity contribution is 0.311. The highest BCUT2D eigenvalue weighted by atomic mass is 32.1. The van der Waals surface area contributed by atoms with E-state index in [-0.39, 0.29) is 5.56 Å². The predicted octanol–water partition coefficient (Wildman–Crippen LogP) is 4.27. The van der Waals surface area contributed by atoms with Crippen LogP contribution in [0.5, 0.6) is 5.75 Å². The molecule has 5 nitrogen and oxygen atoms in total. The van der Waals surface area contributed by atoms with Crippen molar-refractivity contribution in [3.63, 3.8) is 0 Å². The molecule has 0 saturated heterocycles. The van der Waals surface area contributed by atoms with E-state index >= 15 is 0 Å². The van der Waals surface area contributed by atoms with Crippen molar-refractivity contribution in [3.05, 3.63) is 68.6 Å². The Morgan fingerprint density at radius 1 is 1.14 bits per heavy atom. The first-order valence-corrected chi connectivity index (χ1v) is 10.7. The van der Waals surface area contributed by atoms with Crippen molar-refractivity contribution in [2.75, 3.05) is 14.2 Å². The normalized spacial score (nSPS) is 13.5. The Morgan fingerprint density at radius 3 is 2.83 bits per heavy atom. The molecule has 0 amide bonds. The molecule has 0 radical (unpaired) electrons. The van der Waals surface area contributed by atoms with Gasteiger partial charge in [-0.3, -0.25) is 9.69 Å². The van der Waals surface area contributed by atoms with Crippen LogP contribution >= 0.6 is 11.3 Å². The number of rotatable bonds is 5. The molecular formula is C23H23N3O2S. The monoisotopic (exact) mass is 405 g/mol. The number of nitrogens with zero attached hydrogens (tertiary/aromatic N) is 2. The summed E-state index contributed by atoms with van der Waals surface area (Å²) in [5.74, 6) is 1.60. The maximum atomic E-state index is 12.6. The van der Waals surface area contributed by atoms with Crippen LogP contribution in [0, 0.1) is 0 Å². The van der Waals surface area contributed by atoms with Gasteiger partial charge < -0.3 is 9.72 Å². The number of benzene rings is 2. The van der Waals surface area contributed by atoms with Crippen LogP contribution in [0.3, 0.4) is 0 Å². The number of thiophene rings is 1. The number of aromatic nitrogens is 2. The van der Waals surface area contributed by atoms with Gasteiger partial charge in [0.1, 0.15) is 16.4 Å². The van der Waals surface area contributed by atoms with Gasteiger partial charge in [0.15, 0.2) is 0 Å². The topological polar surface area (TPSA) is 58.2 Å². The van der Waals surface area contributed by atoms with Crippen LogP contribution in [0.2, 0.25) is 0 Å². The van der Waals surface area contributed by atoms with E-state index in [1.807, 2.05) is 12.1 Å². The standard InChI is InChI=1S/C23H23N3O2S/c1-26(12-14-6-7-16-11-17(28-2)9-8-15(16)10-14)13-20-24-22(27)21-18-4-3-5-19(18)29-23(21)25-20/h6-11H,3-5,12-13H2,1-2H3,(H,24,25,27). The van der Waals surface area contributed by atoms with E-state index in [9.17, 15) is 4.79 Å². The van der Waals surface area contributed by atoms with Gasteiger partial charge in [0.25, 0.3) is 5.56 Å². The van der Waals surface area contributed by atoms with E-state index in [4.69, 9.17) is 9.72 Å². The average molecular weight is 406 g/mol. The fraction of sp³-hybridized carbons (Fsp3) is 0.304. The molecule has 2 aromatic heterocycles. The molecule has 2 heterocycles. The largest absolute Gasteiger partial charge is 0.497 e.